The fraction of sp³-hybridized carbons (Fsp3) is 0.462. The van der Waals surface area contributed by atoms with Crippen molar-refractivity contribution in [1.82, 2.24) is 0 Å². The van der Waals surface area contributed by atoms with Gasteiger partial charge in [-0.15, -0.1) is 0 Å². The molecule has 5 heteroatoms. The molecule has 0 aliphatic carbocycles. The van der Waals surface area contributed by atoms with E-state index in [0.29, 0.717) is 5.69 Å². The van der Waals surface area contributed by atoms with E-state index in [1.165, 1.54) is 13.1 Å². The number of halogens is 2. The van der Waals surface area contributed by atoms with Crippen LogP contribution in [0, 0.1) is 0 Å². The highest BCUT2D eigenvalue weighted by Gasteiger charge is 2.51. The number of hydrogen-bond acceptors (Lipinski definition) is 2. The number of anilines is 2. The number of rotatable bonds is 1. The Labute approximate surface area is 105 Å². The van der Waals surface area contributed by atoms with Crippen molar-refractivity contribution in [3.63, 3.8) is 0 Å². The summed E-state index contributed by atoms with van der Waals surface area (Å²) in [6, 6.07) is 4.60. The Balaban J connectivity index is 2.46. The summed E-state index contributed by atoms with van der Waals surface area (Å²) in [6.45, 7) is 5.82. The second kappa shape index (κ2) is 3.67. The lowest BCUT2D eigenvalue weighted by Crippen LogP contribution is -2.31. The van der Waals surface area contributed by atoms with E-state index in [1.54, 1.807) is 12.1 Å². The molecule has 0 saturated carbocycles. The van der Waals surface area contributed by atoms with Gasteiger partial charge in [-0.3, -0.25) is 4.79 Å². The van der Waals surface area contributed by atoms with Crippen LogP contribution in [0.3, 0.4) is 0 Å². The number of carbonyl (C=O) groups excluding carboxylic acids is 1. The molecule has 3 nitrogen and oxygen atoms in total. The van der Waals surface area contributed by atoms with E-state index in [0.717, 1.165) is 4.90 Å². The molecule has 0 bridgehead atoms. The first kappa shape index (κ1) is 12.8. The average Bonchev–Trinajstić information content (AvgIpc) is 2.39. The van der Waals surface area contributed by atoms with Crippen molar-refractivity contribution in [2.24, 2.45) is 0 Å². The van der Waals surface area contributed by atoms with Gasteiger partial charge >= 0.3 is 11.8 Å². The highest BCUT2D eigenvalue weighted by Crippen LogP contribution is 2.44. The smallest absolute Gasteiger partial charge is 0.352 e. The minimum atomic E-state index is -3.43. The topological polar surface area (TPSA) is 32.3 Å². The van der Waals surface area contributed by atoms with Gasteiger partial charge in [0.25, 0.3) is 0 Å². The normalized spacial score (nSPS) is 17.9. The first-order chi connectivity index (χ1) is 8.13. The monoisotopic (exact) mass is 254 g/mol. The molecule has 1 N–H and O–H groups in total. The van der Waals surface area contributed by atoms with Crippen molar-refractivity contribution in [2.45, 2.75) is 32.2 Å². The molecule has 1 aromatic rings. The highest BCUT2D eigenvalue weighted by molar-refractivity contribution is 6.05. The first-order valence-corrected chi connectivity index (χ1v) is 5.71. The summed E-state index contributed by atoms with van der Waals surface area (Å²) >= 11 is 0. The van der Waals surface area contributed by atoms with E-state index in [-0.39, 0.29) is 16.8 Å². The molecule has 0 unspecified atom stereocenters. The van der Waals surface area contributed by atoms with E-state index >= 15 is 0 Å². The Morgan fingerprint density at radius 1 is 1.28 bits per heavy atom. The number of hydrogen-bond donors (Lipinski definition) is 1. The van der Waals surface area contributed by atoms with E-state index in [1.807, 2.05) is 20.8 Å². The van der Waals surface area contributed by atoms with Crippen LogP contribution in [0.15, 0.2) is 18.2 Å². The number of nitrogens with zero attached hydrogens (tertiary/aromatic N) is 1. The zero-order valence-corrected chi connectivity index (χ0v) is 10.8. The molecule has 0 saturated heterocycles. The molecule has 0 fully saturated rings. The van der Waals surface area contributed by atoms with Crippen LogP contribution in [0.4, 0.5) is 20.2 Å². The second-order valence-electron chi connectivity index (χ2n) is 5.55. The molecular formula is C13H16F2N2O. The summed E-state index contributed by atoms with van der Waals surface area (Å²) in [4.78, 5) is 12.4. The lowest BCUT2D eigenvalue weighted by molar-refractivity contribution is -0.141. The number of nitrogens with one attached hydrogen (secondary N) is 1. The lowest BCUT2D eigenvalue weighted by Gasteiger charge is -2.22. The third kappa shape index (κ3) is 1.94. The average molecular weight is 254 g/mol. The fourth-order valence-electron chi connectivity index (χ4n) is 2.03. The summed E-state index contributed by atoms with van der Waals surface area (Å²) in [7, 11) is 1.36. The van der Waals surface area contributed by atoms with E-state index in [2.05, 4.69) is 5.32 Å². The lowest BCUT2D eigenvalue weighted by atomic mass is 10.1. The van der Waals surface area contributed by atoms with Crippen molar-refractivity contribution < 1.29 is 13.6 Å². The van der Waals surface area contributed by atoms with Gasteiger partial charge in [-0.25, -0.2) is 0 Å². The van der Waals surface area contributed by atoms with Crippen molar-refractivity contribution in [3.05, 3.63) is 23.8 Å². The Bertz CT molecular complexity index is 506. The van der Waals surface area contributed by atoms with E-state index < -0.39 is 11.8 Å². The minimum absolute atomic E-state index is 0.224. The Kier molecular flexibility index (Phi) is 2.61. The standard InChI is InChI=1S/C13H16F2N2O/c1-12(2,3)16-8-5-6-10-9(7-8)13(14,15)11(18)17(10)4/h5-7,16H,1-4H3. The molecule has 2 rings (SSSR count). The van der Waals surface area contributed by atoms with Gasteiger partial charge in [0, 0.05) is 18.3 Å². The summed E-state index contributed by atoms with van der Waals surface area (Å²) in [6.07, 6.45) is 0. The maximum absolute atomic E-state index is 13.8. The third-order valence-electron chi connectivity index (χ3n) is 2.79. The zero-order valence-electron chi connectivity index (χ0n) is 10.8. The maximum atomic E-state index is 13.8. The van der Waals surface area contributed by atoms with Gasteiger partial charge in [0.1, 0.15) is 0 Å². The number of alkyl halides is 2. The molecule has 0 aromatic heterocycles. The van der Waals surface area contributed by atoms with Gasteiger partial charge < -0.3 is 10.2 Å². The van der Waals surface area contributed by atoms with Crippen LogP contribution < -0.4 is 10.2 Å². The highest BCUT2D eigenvalue weighted by atomic mass is 19.3. The van der Waals surface area contributed by atoms with Crippen molar-refractivity contribution in [1.29, 1.82) is 0 Å². The van der Waals surface area contributed by atoms with E-state index in [4.69, 9.17) is 0 Å². The number of likely N-dealkylation sites (N-methyl/N-ethyl adjacent to an activating group) is 1. The van der Waals surface area contributed by atoms with Crippen molar-refractivity contribution in [3.8, 4) is 0 Å². The number of amides is 1. The van der Waals surface area contributed by atoms with Crippen LogP contribution in [-0.2, 0) is 10.7 Å². The van der Waals surface area contributed by atoms with Gasteiger partial charge in [-0.1, -0.05) is 0 Å². The van der Waals surface area contributed by atoms with Crippen LogP contribution in [0.2, 0.25) is 0 Å². The molecule has 0 atom stereocenters. The first-order valence-electron chi connectivity index (χ1n) is 5.71. The Hall–Kier alpha value is -1.65. The fourth-order valence-corrected chi connectivity index (χ4v) is 2.03. The third-order valence-corrected chi connectivity index (χ3v) is 2.79. The van der Waals surface area contributed by atoms with Crippen LogP contribution in [0.25, 0.3) is 0 Å². The molecule has 1 amide bonds. The maximum Gasteiger partial charge on any atom is 0.352 e. The quantitative estimate of drug-likeness (QED) is 0.835. The Morgan fingerprint density at radius 2 is 1.89 bits per heavy atom. The molecule has 0 radical (unpaired) electrons. The number of carbonyl (C=O) groups is 1. The van der Waals surface area contributed by atoms with Crippen LogP contribution >= 0.6 is 0 Å². The summed E-state index contributed by atoms with van der Waals surface area (Å²) in [5.41, 5.74) is 0.399. The largest absolute Gasteiger partial charge is 0.380 e. The predicted molar refractivity (Wildman–Crippen MR) is 67.1 cm³/mol. The van der Waals surface area contributed by atoms with Gasteiger partial charge in [0.2, 0.25) is 0 Å². The van der Waals surface area contributed by atoms with Crippen LogP contribution in [0.1, 0.15) is 26.3 Å². The van der Waals surface area contributed by atoms with Gasteiger partial charge in [-0.2, -0.15) is 8.78 Å². The number of benzene rings is 1. The summed E-state index contributed by atoms with van der Waals surface area (Å²) in [5, 5.41) is 3.12. The molecule has 98 valence electrons. The van der Waals surface area contributed by atoms with E-state index in [9.17, 15) is 13.6 Å². The molecular weight excluding hydrogens is 238 g/mol. The molecule has 1 aromatic carbocycles. The molecule has 1 aliphatic rings. The molecule has 1 aliphatic heterocycles. The summed E-state index contributed by atoms with van der Waals surface area (Å²) in [5.74, 6) is -4.61. The SMILES string of the molecule is CN1C(=O)C(F)(F)c2cc(NC(C)(C)C)ccc21. The van der Waals surface area contributed by atoms with Crippen molar-refractivity contribution in [2.75, 3.05) is 17.3 Å². The number of fused-ring (bicyclic) bond motifs is 1. The molecule has 1 heterocycles. The van der Waals surface area contributed by atoms with Gasteiger partial charge in [0.05, 0.1) is 11.3 Å². The van der Waals surface area contributed by atoms with Crippen LogP contribution in [-0.4, -0.2) is 18.5 Å². The summed E-state index contributed by atoms with van der Waals surface area (Å²) < 4.78 is 27.6. The minimum Gasteiger partial charge on any atom is -0.380 e. The van der Waals surface area contributed by atoms with Crippen LogP contribution in [0.5, 0.6) is 0 Å². The predicted octanol–water partition coefficient (Wildman–Crippen LogP) is 2.97. The molecule has 18 heavy (non-hydrogen) atoms. The molecule has 0 spiro atoms. The second-order valence-corrected chi connectivity index (χ2v) is 5.55. The van der Waals surface area contributed by atoms with Crippen molar-refractivity contribution >= 4 is 17.3 Å². The Morgan fingerprint density at radius 3 is 2.44 bits per heavy atom. The van der Waals surface area contributed by atoms with Gasteiger partial charge in [-0.05, 0) is 39.0 Å². The van der Waals surface area contributed by atoms with Gasteiger partial charge in [0.15, 0.2) is 0 Å². The zero-order chi connectivity index (χ0) is 13.7.